The molecule has 226 valence electrons. The molecule has 0 spiro atoms. The second-order valence-electron chi connectivity index (χ2n) is 13.8. The van der Waals surface area contributed by atoms with Crippen LogP contribution in [0.25, 0.3) is 16.0 Å². The highest BCUT2D eigenvalue weighted by atomic mass is 16.7. The lowest BCUT2D eigenvalue weighted by atomic mass is 9.67. The number of fused-ring (bicyclic) bond motifs is 1. The predicted molar refractivity (Wildman–Crippen MR) is 167 cm³/mol. The fourth-order valence-electron chi connectivity index (χ4n) is 7.01. The normalized spacial score (nSPS) is 19.3. The Bertz CT molecular complexity index is 1310. The number of carbonyl (C=O) groups excluding carboxylic acids is 1. The van der Waals surface area contributed by atoms with Crippen LogP contribution in [0.3, 0.4) is 0 Å². The van der Waals surface area contributed by atoms with Crippen LogP contribution >= 0.6 is 0 Å². The third kappa shape index (κ3) is 6.22. The number of hydrogen-bond acceptors (Lipinski definition) is 5. The first kappa shape index (κ1) is 32.0. The minimum atomic E-state index is -0.953. The summed E-state index contributed by atoms with van der Waals surface area (Å²) < 4.78 is 5.58. The Morgan fingerprint density at radius 1 is 1.07 bits per heavy atom. The molecule has 6 heteroatoms. The summed E-state index contributed by atoms with van der Waals surface area (Å²) in [5.41, 5.74) is 3.23. The van der Waals surface area contributed by atoms with Gasteiger partial charge in [-0.15, -0.1) is 0 Å². The van der Waals surface area contributed by atoms with Gasteiger partial charge in [0.15, 0.2) is 0 Å². The summed E-state index contributed by atoms with van der Waals surface area (Å²) in [4.78, 5) is 24.6. The molecule has 0 aromatic carbocycles. The van der Waals surface area contributed by atoms with Gasteiger partial charge in [-0.3, -0.25) is 4.85 Å². The van der Waals surface area contributed by atoms with Gasteiger partial charge in [0.25, 0.3) is 0 Å². The smallest absolute Gasteiger partial charge is 0.352 e. The van der Waals surface area contributed by atoms with Crippen LogP contribution in [0.5, 0.6) is 0 Å². The van der Waals surface area contributed by atoms with E-state index in [4.69, 9.17) is 16.1 Å². The van der Waals surface area contributed by atoms with Crippen molar-refractivity contribution in [3.05, 3.63) is 57.9 Å². The van der Waals surface area contributed by atoms with Crippen LogP contribution in [0.4, 0.5) is 0 Å². The summed E-state index contributed by atoms with van der Waals surface area (Å²) in [7, 11) is 0. The lowest BCUT2D eigenvalue weighted by molar-refractivity contribution is -0.311. The van der Waals surface area contributed by atoms with Crippen LogP contribution in [0, 0.1) is 30.2 Å². The highest BCUT2D eigenvalue weighted by molar-refractivity contribution is 6.01. The molecule has 1 atom stereocenters. The average molecular weight is 572 g/mol. The van der Waals surface area contributed by atoms with E-state index < -0.39 is 22.7 Å². The fraction of sp³-hybridized carbons (Fsp3) is 0.639. The molecule has 0 bridgehead atoms. The molecule has 4 rings (SSSR count). The Hall–Kier alpha value is -2.93. The molecular weight excluding hydrogens is 522 g/mol. The third-order valence-electron chi connectivity index (χ3n) is 9.33. The van der Waals surface area contributed by atoms with Crippen molar-refractivity contribution in [2.75, 3.05) is 6.61 Å². The highest BCUT2D eigenvalue weighted by Gasteiger charge is 2.53. The van der Waals surface area contributed by atoms with E-state index in [1.54, 1.807) is 0 Å². The minimum Gasteiger partial charge on any atom is -0.462 e. The molecule has 1 unspecified atom stereocenters. The molecule has 0 aromatic rings. The standard InChI is InChI=1S/C36H49N3O3/c1-9-41-33(40)30-23-29(28-22-27(25(2)3)17-16-26(4)31(28)30)32(35(24-37)18-12-10-13-19-35)39(34(5,6)7)42-36(38-8)20-14-11-15-21-36/h16-17,22-23,25,32H,9-15,18-21H2,1-7H3. The maximum atomic E-state index is 13.5. The van der Waals surface area contributed by atoms with Gasteiger partial charge in [-0.25, -0.2) is 16.2 Å². The molecule has 4 aliphatic carbocycles. The molecule has 0 aliphatic heterocycles. The number of ether oxygens (including phenoxy) is 1. The first-order chi connectivity index (χ1) is 19.9. The van der Waals surface area contributed by atoms with Gasteiger partial charge < -0.3 is 4.74 Å². The van der Waals surface area contributed by atoms with Crippen molar-refractivity contribution in [2.24, 2.45) is 5.41 Å². The molecule has 0 saturated heterocycles. The van der Waals surface area contributed by atoms with Crippen LogP contribution in [-0.2, 0) is 9.57 Å². The molecule has 0 radical (unpaired) electrons. The molecule has 0 aromatic heterocycles. The van der Waals surface area contributed by atoms with Gasteiger partial charge in [0, 0.05) is 5.54 Å². The Kier molecular flexibility index (Phi) is 9.71. The van der Waals surface area contributed by atoms with E-state index in [0.717, 1.165) is 79.2 Å². The number of nitrogens with zero attached hydrogens (tertiary/aromatic N) is 3. The molecule has 42 heavy (non-hydrogen) atoms. The number of aryl methyl sites for hydroxylation is 1. The third-order valence-corrected chi connectivity index (χ3v) is 9.33. The number of rotatable bonds is 8. The molecule has 6 nitrogen and oxygen atoms in total. The number of hydroxylamine groups is 2. The molecule has 2 saturated carbocycles. The Morgan fingerprint density at radius 2 is 1.69 bits per heavy atom. The van der Waals surface area contributed by atoms with Gasteiger partial charge >= 0.3 is 11.7 Å². The van der Waals surface area contributed by atoms with E-state index >= 15 is 0 Å². The monoisotopic (exact) mass is 571 g/mol. The maximum absolute atomic E-state index is 13.5. The van der Waals surface area contributed by atoms with Crippen molar-refractivity contribution in [3.8, 4) is 17.2 Å². The summed E-state index contributed by atoms with van der Waals surface area (Å²) in [5, 5.41) is 13.1. The van der Waals surface area contributed by atoms with Crippen molar-refractivity contribution in [1.29, 1.82) is 5.26 Å². The predicted octanol–water partition coefficient (Wildman–Crippen LogP) is 9.53. The van der Waals surface area contributed by atoms with Gasteiger partial charge in [-0.2, -0.15) is 10.3 Å². The zero-order valence-electron chi connectivity index (χ0n) is 26.8. The number of esters is 1. The van der Waals surface area contributed by atoms with Crippen LogP contribution in [0.15, 0.2) is 24.3 Å². The Labute approximate surface area is 253 Å². The molecular formula is C36H49N3O3. The van der Waals surface area contributed by atoms with Gasteiger partial charge in [0.2, 0.25) is 0 Å². The first-order valence-corrected chi connectivity index (χ1v) is 15.9. The fourth-order valence-corrected chi connectivity index (χ4v) is 7.01. The number of carbonyl (C=O) groups is 1. The SMILES string of the molecule is [C-]#[N+]C1(ON(C(c2cc(C(=O)OCC)c3c(C)ccc(C(C)C)cc2-3)C2(C#N)CCCCC2)C(C)(C)C)CCCCC1. The largest absolute Gasteiger partial charge is 0.462 e. The summed E-state index contributed by atoms with van der Waals surface area (Å²) >= 11 is 0. The molecule has 0 amide bonds. The van der Waals surface area contributed by atoms with Crippen molar-refractivity contribution < 1.29 is 14.4 Å². The topological polar surface area (TPSA) is 66.9 Å². The average Bonchev–Trinajstić information content (AvgIpc) is 3.24. The number of hydrogen-bond donors (Lipinski definition) is 0. The molecule has 0 N–H and O–H groups in total. The van der Waals surface area contributed by atoms with E-state index in [9.17, 15) is 10.1 Å². The van der Waals surface area contributed by atoms with E-state index in [-0.39, 0.29) is 18.5 Å². The van der Waals surface area contributed by atoms with Gasteiger partial charge in [0.1, 0.15) is 0 Å². The van der Waals surface area contributed by atoms with Crippen molar-refractivity contribution in [1.82, 2.24) is 5.06 Å². The summed E-state index contributed by atoms with van der Waals surface area (Å²) in [6.45, 7) is 23.1. The Morgan fingerprint density at radius 3 is 2.21 bits per heavy atom. The van der Waals surface area contributed by atoms with Crippen molar-refractivity contribution in [2.45, 2.75) is 136 Å². The second-order valence-corrected chi connectivity index (χ2v) is 13.8. The quantitative estimate of drug-likeness (QED) is 0.179. The molecule has 2 fully saturated rings. The van der Waals surface area contributed by atoms with E-state index in [2.05, 4.69) is 63.7 Å². The van der Waals surface area contributed by atoms with E-state index in [0.29, 0.717) is 18.4 Å². The zero-order chi connectivity index (χ0) is 30.7. The molecule has 4 aliphatic rings. The van der Waals surface area contributed by atoms with Gasteiger partial charge in [0.05, 0.1) is 42.5 Å². The van der Waals surface area contributed by atoms with Gasteiger partial charge in [-0.1, -0.05) is 57.7 Å². The summed E-state index contributed by atoms with van der Waals surface area (Å²) in [6, 6.07) is 10.7. The van der Waals surface area contributed by atoms with Gasteiger partial charge in [-0.05, 0) is 100 Å². The lowest BCUT2D eigenvalue weighted by Crippen LogP contribution is -2.54. The summed E-state index contributed by atoms with van der Waals surface area (Å²) in [6.07, 6.45) is 8.87. The number of nitriles is 1. The molecule has 0 heterocycles. The van der Waals surface area contributed by atoms with Crippen LogP contribution in [0.1, 0.15) is 145 Å². The van der Waals surface area contributed by atoms with Crippen LogP contribution in [-0.4, -0.2) is 28.9 Å². The Balaban J connectivity index is 2.07. The second kappa shape index (κ2) is 12.7. The van der Waals surface area contributed by atoms with Crippen LogP contribution < -0.4 is 0 Å². The minimum absolute atomic E-state index is 0.273. The summed E-state index contributed by atoms with van der Waals surface area (Å²) in [5.74, 6) is -0.0786. The maximum Gasteiger partial charge on any atom is 0.352 e. The zero-order valence-corrected chi connectivity index (χ0v) is 26.8. The lowest BCUT2D eigenvalue weighted by Gasteiger charge is -2.49. The highest BCUT2D eigenvalue weighted by Crippen LogP contribution is 2.55. The van der Waals surface area contributed by atoms with Crippen LogP contribution in [0.2, 0.25) is 0 Å². The first-order valence-electron chi connectivity index (χ1n) is 15.9. The van der Waals surface area contributed by atoms with Crippen molar-refractivity contribution >= 4 is 5.97 Å². The van der Waals surface area contributed by atoms with E-state index in [1.807, 2.05) is 25.0 Å². The van der Waals surface area contributed by atoms with E-state index in [1.165, 1.54) is 0 Å². The van der Waals surface area contributed by atoms with Crippen molar-refractivity contribution in [3.63, 3.8) is 0 Å².